The lowest BCUT2D eigenvalue weighted by Gasteiger charge is -1.96. The smallest absolute Gasteiger partial charge is 0.0836 e. The number of nitrogens with zero attached hydrogens (tertiary/aromatic N) is 1. The van der Waals surface area contributed by atoms with Gasteiger partial charge in [-0.2, -0.15) is 4.91 Å². The van der Waals surface area contributed by atoms with Crippen molar-refractivity contribution in [1.29, 1.82) is 0 Å². The molecule has 0 bridgehead atoms. The van der Waals surface area contributed by atoms with Crippen molar-refractivity contribution in [2.45, 2.75) is 20.3 Å². The Labute approximate surface area is 43.9 Å². The second-order valence-corrected chi connectivity index (χ2v) is 1.83. The van der Waals surface area contributed by atoms with Crippen LogP contribution in [0.25, 0.3) is 0 Å². The van der Waals surface area contributed by atoms with E-state index in [1.54, 1.807) is 0 Å². The van der Waals surface area contributed by atoms with Crippen molar-refractivity contribution >= 4 is 0 Å². The minimum Gasteiger partial charge on any atom is -0.151 e. The van der Waals surface area contributed by atoms with Gasteiger partial charge in [0.25, 0.3) is 0 Å². The number of nitroso groups, excluding NO2 is 1. The van der Waals surface area contributed by atoms with Gasteiger partial charge in [0.15, 0.2) is 0 Å². The van der Waals surface area contributed by atoms with Crippen molar-refractivity contribution < 1.29 is 0 Å². The Morgan fingerprint density at radius 1 is 1.71 bits per heavy atom. The van der Waals surface area contributed by atoms with Gasteiger partial charge in [0, 0.05) is 0 Å². The minimum atomic E-state index is 0.469. The van der Waals surface area contributed by atoms with Gasteiger partial charge in [-0.15, -0.1) is 0 Å². The lowest BCUT2D eigenvalue weighted by Crippen LogP contribution is -1.94. The molecule has 0 saturated carbocycles. The Morgan fingerprint density at radius 2 is 2.29 bits per heavy atom. The molecule has 0 fully saturated rings. The zero-order valence-electron chi connectivity index (χ0n) is 4.85. The molecule has 42 valence electrons. The molecule has 0 aromatic carbocycles. The predicted molar refractivity (Wildman–Crippen MR) is 30.1 cm³/mol. The molecule has 0 radical (unpaired) electrons. The van der Waals surface area contributed by atoms with Gasteiger partial charge in [0.05, 0.1) is 6.54 Å². The molecule has 0 N–H and O–H groups in total. The Kier molecular flexibility index (Phi) is 3.56. The molecule has 2 nitrogen and oxygen atoms in total. The fourth-order valence-electron chi connectivity index (χ4n) is 0.256. The van der Waals surface area contributed by atoms with E-state index in [9.17, 15) is 4.91 Å². The van der Waals surface area contributed by atoms with E-state index in [-0.39, 0.29) is 0 Å². The van der Waals surface area contributed by atoms with Crippen molar-refractivity contribution in [2.24, 2.45) is 11.1 Å². The van der Waals surface area contributed by atoms with Gasteiger partial charge in [-0.3, -0.25) is 0 Å². The summed E-state index contributed by atoms with van der Waals surface area (Å²) in [5.41, 5.74) is 0. The van der Waals surface area contributed by atoms with Crippen LogP contribution >= 0.6 is 0 Å². The summed E-state index contributed by atoms with van der Waals surface area (Å²) < 4.78 is 0. The Balaban J connectivity index is 2.98. The van der Waals surface area contributed by atoms with Gasteiger partial charge in [-0.05, 0) is 5.92 Å². The molecule has 1 atom stereocenters. The van der Waals surface area contributed by atoms with Crippen LogP contribution in [-0.4, -0.2) is 6.54 Å². The van der Waals surface area contributed by atoms with Gasteiger partial charge in [0.2, 0.25) is 0 Å². The molecule has 0 heterocycles. The van der Waals surface area contributed by atoms with Gasteiger partial charge in [0.1, 0.15) is 0 Å². The molecule has 0 rings (SSSR count). The summed E-state index contributed by atoms with van der Waals surface area (Å²) in [6, 6.07) is 0. The predicted octanol–water partition coefficient (Wildman–Crippen LogP) is 1.80. The third-order valence-electron chi connectivity index (χ3n) is 1.08. The topological polar surface area (TPSA) is 29.4 Å². The highest BCUT2D eigenvalue weighted by atomic mass is 16.3. The van der Waals surface area contributed by atoms with Gasteiger partial charge in [-0.1, -0.05) is 25.4 Å². The van der Waals surface area contributed by atoms with Crippen LogP contribution in [0, 0.1) is 10.8 Å². The van der Waals surface area contributed by atoms with Crippen LogP contribution in [0.5, 0.6) is 0 Å². The largest absolute Gasteiger partial charge is 0.151 e. The van der Waals surface area contributed by atoms with Crippen molar-refractivity contribution in [3.8, 4) is 0 Å². The first-order chi connectivity index (χ1) is 3.31. The Hall–Kier alpha value is -0.400. The summed E-state index contributed by atoms with van der Waals surface area (Å²) in [6.45, 7) is 4.54. The monoisotopic (exact) mass is 101 g/mol. The highest BCUT2D eigenvalue weighted by Gasteiger charge is 1.94. The molecule has 0 saturated heterocycles. The van der Waals surface area contributed by atoms with Crippen molar-refractivity contribution in [3.63, 3.8) is 0 Å². The third kappa shape index (κ3) is 3.43. The first-order valence-electron chi connectivity index (χ1n) is 2.60. The normalized spacial score (nSPS) is 13.4. The van der Waals surface area contributed by atoms with E-state index in [1.165, 1.54) is 0 Å². The molecule has 0 aromatic rings. The van der Waals surface area contributed by atoms with E-state index in [0.29, 0.717) is 12.5 Å². The quantitative estimate of drug-likeness (QED) is 0.498. The van der Waals surface area contributed by atoms with E-state index >= 15 is 0 Å². The van der Waals surface area contributed by atoms with Gasteiger partial charge >= 0.3 is 0 Å². The lowest BCUT2D eigenvalue weighted by atomic mass is 10.1. The maximum Gasteiger partial charge on any atom is 0.0836 e. The van der Waals surface area contributed by atoms with E-state index in [4.69, 9.17) is 0 Å². The maximum atomic E-state index is 9.52. The zero-order valence-corrected chi connectivity index (χ0v) is 4.85. The number of rotatable bonds is 3. The first-order valence-corrected chi connectivity index (χ1v) is 2.60. The van der Waals surface area contributed by atoms with Crippen molar-refractivity contribution in [1.82, 2.24) is 0 Å². The molecule has 0 aliphatic carbocycles. The second-order valence-electron chi connectivity index (χ2n) is 1.83. The zero-order chi connectivity index (χ0) is 5.70. The second kappa shape index (κ2) is 3.78. The Morgan fingerprint density at radius 3 is 2.43 bits per heavy atom. The molecular weight excluding hydrogens is 90.1 g/mol. The molecule has 2 heteroatoms. The van der Waals surface area contributed by atoms with E-state index in [0.717, 1.165) is 6.42 Å². The highest BCUT2D eigenvalue weighted by Crippen LogP contribution is 1.98. The Bertz CT molecular complexity index is 54.0. The fourth-order valence-corrected chi connectivity index (χ4v) is 0.256. The first kappa shape index (κ1) is 6.60. The maximum absolute atomic E-state index is 9.52. The van der Waals surface area contributed by atoms with Crippen molar-refractivity contribution in [2.75, 3.05) is 6.54 Å². The van der Waals surface area contributed by atoms with Crippen LogP contribution in [-0.2, 0) is 0 Å². The SMILES string of the molecule is CC[C@@H](C)CN=O. The molecule has 0 unspecified atom stereocenters. The molecule has 0 aromatic heterocycles. The average Bonchev–Trinajstić information content (AvgIpc) is 1.68. The minimum absolute atomic E-state index is 0.469. The lowest BCUT2D eigenvalue weighted by molar-refractivity contribution is 0.575. The molecule has 0 aliphatic heterocycles. The summed E-state index contributed by atoms with van der Waals surface area (Å²) in [5.74, 6) is 0.470. The third-order valence-corrected chi connectivity index (χ3v) is 1.08. The van der Waals surface area contributed by atoms with E-state index in [1.807, 2.05) is 6.92 Å². The average molecular weight is 101 g/mol. The molecule has 0 spiro atoms. The fraction of sp³-hybridized carbons (Fsp3) is 1.00. The molecule has 7 heavy (non-hydrogen) atoms. The molecule has 0 amide bonds. The summed E-state index contributed by atoms with van der Waals surface area (Å²) in [5, 5.41) is 2.76. The summed E-state index contributed by atoms with van der Waals surface area (Å²) >= 11 is 0. The summed E-state index contributed by atoms with van der Waals surface area (Å²) in [6.07, 6.45) is 1.05. The van der Waals surface area contributed by atoms with Gasteiger partial charge in [-0.25, -0.2) is 0 Å². The van der Waals surface area contributed by atoms with Crippen LogP contribution in [0.1, 0.15) is 20.3 Å². The summed E-state index contributed by atoms with van der Waals surface area (Å²) in [7, 11) is 0. The van der Waals surface area contributed by atoms with E-state index in [2.05, 4.69) is 12.1 Å². The van der Waals surface area contributed by atoms with Crippen LogP contribution in [0.3, 0.4) is 0 Å². The number of hydrogen-bond acceptors (Lipinski definition) is 2. The molecular formula is C5H11NO. The standard InChI is InChI=1S/C5H11NO/c1-3-5(2)4-6-7/h5H,3-4H2,1-2H3/t5-/m1/s1. The highest BCUT2D eigenvalue weighted by molar-refractivity contribution is 4.50. The summed E-state index contributed by atoms with van der Waals surface area (Å²) in [4.78, 5) is 9.52. The number of hydrogen-bond donors (Lipinski definition) is 0. The van der Waals surface area contributed by atoms with E-state index < -0.39 is 0 Å². The van der Waals surface area contributed by atoms with Crippen LogP contribution in [0.15, 0.2) is 5.18 Å². The van der Waals surface area contributed by atoms with Gasteiger partial charge < -0.3 is 0 Å². The van der Waals surface area contributed by atoms with Crippen LogP contribution in [0.4, 0.5) is 0 Å². The van der Waals surface area contributed by atoms with Crippen LogP contribution in [0.2, 0.25) is 0 Å². The molecule has 0 aliphatic rings. The van der Waals surface area contributed by atoms with Crippen LogP contribution < -0.4 is 0 Å². The van der Waals surface area contributed by atoms with Crippen molar-refractivity contribution in [3.05, 3.63) is 4.91 Å².